The van der Waals surface area contributed by atoms with Gasteiger partial charge in [-0.2, -0.15) is 0 Å². The summed E-state index contributed by atoms with van der Waals surface area (Å²) in [6.07, 6.45) is 0.290. The van der Waals surface area contributed by atoms with Gasteiger partial charge in [0.05, 0.1) is 4.88 Å². The summed E-state index contributed by atoms with van der Waals surface area (Å²) in [5.74, 6) is -0.0955. The van der Waals surface area contributed by atoms with E-state index < -0.39 is 0 Å². The third kappa shape index (κ3) is 1.84. The topological polar surface area (TPSA) is 68.0 Å². The Balaban J connectivity index is 2.09. The molecular weight excluding hydrogens is 253 g/mol. The number of nitrogens with two attached hydrogens (primary N) is 1. The van der Waals surface area contributed by atoms with Crippen LogP contribution in [0.5, 0.6) is 0 Å². The molecule has 0 bridgehead atoms. The Morgan fingerprint density at radius 3 is 3.11 bits per heavy atom. The molecule has 2 aromatic rings. The molecule has 18 heavy (non-hydrogen) atoms. The van der Waals surface area contributed by atoms with E-state index in [9.17, 15) is 9.18 Å². The molecule has 0 radical (unpaired) electrons. The number of nitrogens with zero attached hydrogens (tertiary/aromatic N) is 1. The first-order chi connectivity index (χ1) is 8.63. The number of amides is 1. The molecule has 0 unspecified atom stereocenters. The maximum Gasteiger partial charge on any atom is 0.226 e. The average Bonchev–Trinajstić information content (AvgIpc) is 2.68. The van der Waals surface area contributed by atoms with Crippen LogP contribution in [0.1, 0.15) is 22.8 Å². The van der Waals surface area contributed by atoms with Gasteiger partial charge in [0.25, 0.3) is 0 Å². The second-order valence-corrected chi connectivity index (χ2v) is 5.19. The van der Waals surface area contributed by atoms with Gasteiger partial charge in [-0.25, -0.2) is 9.37 Å². The maximum atomic E-state index is 13.3. The Morgan fingerprint density at radius 1 is 1.50 bits per heavy atom. The average molecular weight is 263 g/mol. The number of rotatable bonds is 1. The molecule has 1 aromatic carbocycles. The zero-order valence-corrected chi connectivity index (χ0v) is 10.1. The van der Waals surface area contributed by atoms with Crippen molar-refractivity contribution in [3.05, 3.63) is 40.5 Å². The largest absolute Gasteiger partial charge is 0.375 e. The molecule has 1 atom stereocenters. The highest BCUT2D eigenvalue weighted by atomic mass is 32.1. The summed E-state index contributed by atoms with van der Waals surface area (Å²) < 4.78 is 13.3. The molecule has 4 nitrogen and oxygen atoms in total. The Kier molecular flexibility index (Phi) is 2.52. The highest BCUT2D eigenvalue weighted by Crippen LogP contribution is 2.41. The number of hydrogen-bond donors (Lipinski definition) is 2. The number of fused-ring (bicyclic) bond motifs is 1. The summed E-state index contributed by atoms with van der Waals surface area (Å²) in [7, 11) is 0. The highest BCUT2D eigenvalue weighted by Gasteiger charge is 2.30. The third-order valence-corrected chi connectivity index (χ3v) is 3.88. The van der Waals surface area contributed by atoms with Crippen LogP contribution in [0.3, 0.4) is 0 Å². The van der Waals surface area contributed by atoms with E-state index in [4.69, 9.17) is 5.73 Å². The van der Waals surface area contributed by atoms with E-state index in [0.717, 1.165) is 10.4 Å². The number of carbonyl (C=O) groups is 1. The van der Waals surface area contributed by atoms with Gasteiger partial charge in [0.1, 0.15) is 11.6 Å². The van der Waals surface area contributed by atoms with Gasteiger partial charge in [0.2, 0.25) is 5.91 Å². The van der Waals surface area contributed by atoms with Gasteiger partial charge in [0, 0.05) is 12.3 Å². The van der Waals surface area contributed by atoms with Gasteiger partial charge in [-0.1, -0.05) is 23.5 Å². The van der Waals surface area contributed by atoms with Crippen LogP contribution in [0, 0.1) is 5.82 Å². The van der Waals surface area contributed by atoms with Crippen LogP contribution >= 0.6 is 11.3 Å². The van der Waals surface area contributed by atoms with Crippen LogP contribution in [0.4, 0.5) is 15.3 Å². The molecule has 0 fully saturated rings. The molecule has 3 N–H and O–H groups in total. The first kappa shape index (κ1) is 11.2. The fourth-order valence-electron chi connectivity index (χ4n) is 2.13. The van der Waals surface area contributed by atoms with E-state index >= 15 is 0 Å². The molecule has 3 rings (SSSR count). The minimum atomic E-state index is -0.308. The Hall–Kier alpha value is -1.95. The SMILES string of the molecule is Nc1nc2c(s1)[C@H](c1cccc(F)c1)CC(=O)N2. The van der Waals surface area contributed by atoms with E-state index in [-0.39, 0.29) is 24.1 Å². The van der Waals surface area contributed by atoms with Crippen LogP contribution in [0.15, 0.2) is 24.3 Å². The molecule has 0 saturated carbocycles. The van der Waals surface area contributed by atoms with E-state index in [1.165, 1.54) is 23.5 Å². The van der Waals surface area contributed by atoms with Crippen molar-refractivity contribution in [1.82, 2.24) is 4.98 Å². The molecule has 1 aromatic heterocycles. The summed E-state index contributed by atoms with van der Waals surface area (Å²) in [5, 5.41) is 3.09. The summed E-state index contributed by atoms with van der Waals surface area (Å²) in [4.78, 5) is 16.6. The van der Waals surface area contributed by atoms with Crippen molar-refractivity contribution in [3.8, 4) is 0 Å². The lowest BCUT2D eigenvalue weighted by Crippen LogP contribution is -2.22. The number of hydrogen-bond acceptors (Lipinski definition) is 4. The molecule has 1 aliphatic rings. The standard InChI is InChI=1S/C12H10FN3OS/c13-7-3-1-2-6(4-7)8-5-9(17)15-11-10(8)18-12(14)16-11/h1-4,8H,5H2,(H2,14,16)(H,15,17)/t8-/m0/s1. The summed E-state index contributed by atoms with van der Waals surface area (Å²) in [6.45, 7) is 0. The van der Waals surface area contributed by atoms with Crippen LogP contribution < -0.4 is 11.1 Å². The Labute approximate surface area is 107 Å². The van der Waals surface area contributed by atoms with Crippen LogP contribution in [-0.4, -0.2) is 10.9 Å². The van der Waals surface area contributed by atoms with E-state index in [0.29, 0.717) is 10.9 Å². The number of aromatic nitrogens is 1. The summed E-state index contributed by atoms with van der Waals surface area (Å²) in [5.41, 5.74) is 6.43. The van der Waals surface area contributed by atoms with Gasteiger partial charge in [-0.3, -0.25) is 4.79 Å². The van der Waals surface area contributed by atoms with Crippen molar-refractivity contribution in [2.24, 2.45) is 0 Å². The number of nitrogen functional groups attached to an aromatic ring is 1. The predicted octanol–water partition coefficient (Wildman–Crippen LogP) is 2.34. The molecule has 6 heteroatoms. The van der Waals surface area contributed by atoms with E-state index in [2.05, 4.69) is 10.3 Å². The molecule has 0 aliphatic carbocycles. The monoisotopic (exact) mass is 263 g/mol. The molecule has 0 spiro atoms. The molecule has 1 amide bonds. The second kappa shape index (κ2) is 4.06. The van der Waals surface area contributed by atoms with Gasteiger partial charge in [-0.15, -0.1) is 0 Å². The molecule has 2 heterocycles. The molecular formula is C12H10FN3OS. The third-order valence-electron chi connectivity index (χ3n) is 2.88. The highest BCUT2D eigenvalue weighted by molar-refractivity contribution is 7.16. The zero-order chi connectivity index (χ0) is 12.7. The van der Waals surface area contributed by atoms with Gasteiger partial charge in [0.15, 0.2) is 5.13 Å². The molecule has 92 valence electrons. The Bertz CT molecular complexity index is 626. The molecule has 1 aliphatic heterocycles. The lowest BCUT2D eigenvalue weighted by molar-refractivity contribution is -0.116. The van der Waals surface area contributed by atoms with Gasteiger partial charge >= 0.3 is 0 Å². The lowest BCUT2D eigenvalue weighted by Gasteiger charge is -2.21. The summed E-state index contributed by atoms with van der Waals surface area (Å²) in [6, 6.07) is 6.28. The minimum absolute atomic E-state index is 0.123. The smallest absolute Gasteiger partial charge is 0.226 e. The van der Waals surface area contributed by atoms with Crippen LogP contribution in [0.2, 0.25) is 0 Å². The van der Waals surface area contributed by atoms with E-state index in [1.807, 2.05) is 6.07 Å². The first-order valence-corrected chi connectivity index (χ1v) is 6.26. The fraction of sp³-hybridized carbons (Fsp3) is 0.167. The Morgan fingerprint density at radius 2 is 2.33 bits per heavy atom. The van der Waals surface area contributed by atoms with Crippen molar-refractivity contribution in [3.63, 3.8) is 0 Å². The number of anilines is 2. The summed E-state index contributed by atoms with van der Waals surface area (Å²) >= 11 is 1.33. The number of nitrogens with one attached hydrogen (secondary N) is 1. The van der Waals surface area contributed by atoms with Crippen molar-refractivity contribution in [1.29, 1.82) is 0 Å². The quantitative estimate of drug-likeness (QED) is 0.829. The zero-order valence-electron chi connectivity index (χ0n) is 9.31. The van der Waals surface area contributed by atoms with Gasteiger partial charge in [-0.05, 0) is 17.7 Å². The fourth-order valence-corrected chi connectivity index (χ4v) is 3.05. The first-order valence-electron chi connectivity index (χ1n) is 5.45. The minimum Gasteiger partial charge on any atom is -0.375 e. The molecule has 0 saturated heterocycles. The number of halogens is 1. The van der Waals surface area contributed by atoms with Crippen LogP contribution in [0.25, 0.3) is 0 Å². The van der Waals surface area contributed by atoms with Crippen molar-refractivity contribution >= 4 is 28.2 Å². The van der Waals surface area contributed by atoms with E-state index in [1.54, 1.807) is 6.07 Å². The number of thiazole rings is 1. The second-order valence-electron chi connectivity index (χ2n) is 4.12. The van der Waals surface area contributed by atoms with Crippen molar-refractivity contribution < 1.29 is 9.18 Å². The maximum absolute atomic E-state index is 13.3. The van der Waals surface area contributed by atoms with Gasteiger partial charge < -0.3 is 11.1 Å². The normalized spacial score (nSPS) is 18.3. The van der Waals surface area contributed by atoms with Crippen molar-refractivity contribution in [2.45, 2.75) is 12.3 Å². The van der Waals surface area contributed by atoms with Crippen molar-refractivity contribution in [2.75, 3.05) is 11.1 Å². The van der Waals surface area contributed by atoms with Crippen LogP contribution in [-0.2, 0) is 4.79 Å². The number of carbonyl (C=O) groups excluding carboxylic acids is 1. The number of benzene rings is 1. The lowest BCUT2D eigenvalue weighted by atomic mass is 9.91. The predicted molar refractivity (Wildman–Crippen MR) is 68.0 cm³/mol.